The Balaban J connectivity index is 2.35. The number of ketones is 1. The third-order valence-corrected chi connectivity index (χ3v) is 2.95. The molecule has 1 saturated heterocycles. The van der Waals surface area contributed by atoms with Crippen LogP contribution in [0.25, 0.3) is 0 Å². The van der Waals surface area contributed by atoms with Gasteiger partial charge in [-0.25, -0.2) is 0 Å². The zero-order valence-electron chi connectivity index (χ0n) is 7.63. The highest BCUT2D eigenvalue weighted by Crippen LogP contribution is 2.40. The van der Waals surface area contributed by atoms with Crippen molar-refractivity contribution in [3.05, 3.63) is 11.6 Å². The molecule has 1 unspecified atom stereocenters. The van der Waals surface area contributed by atoms with Gasteiger partial charge in [-0.1, -0.05) is 5.57 Å². The summed E-state index contributed by atoms with van der Waals surface area (Å²) in [7, 11) is 0. The van der Waals surface area contributed by atoms with Crippen molar-refractivity contribution in [2.75, 3.05) is 6.61 Å². The SMILES string of the molecule is CC1=CC(=O)C2(CCOC2=O)CC1. The van der Waals surface area contributed by atoms with E-state index in [9.17, 15) is 9.59 Å². The Kier molecular flexibility index (Phi) is 1.75. The highest BCUT2D eigenvalue weighted by molar-refractivity contribution is 6.10. The maximum absolute atomic E-state index is 11.7. The number of carbonyl (C=O) groups is 2. The maximum atomic E-state index is 11.7. The Morgan fingerprint density at radius 2 is 2.15 bits per heavy atom. The minimum Gasteiger partial charge on any atom is -0.465 e. The predicted octanol–water partition coefficient (Wildman–Crippen LogP) is 1.23. The fraction of sp³-hybridized carbons (Fsp3) is 0.600. The van der Waals surface area contributed by atoms with Gasteiger partial charge < -0.3 is 4.74 Å². The minimum atomic E-state index is -0.806. The molecule has 0 amide bonds. The standard InChI is InChI=1S/C10H12O3/c1-7-2-3-10(8(11)6-7)4-5-13-9(10)12/h6H,2-5H2,1H3. The lowest BCUT2D eigenvalue weighted by Crippen LogP contribution is -2.36. The van der Waals surface area contributed by atoms with Crippen LogP contribution in [0.2, 0.25) is 0 Å². The molecule has 70 valence electrons. The first-order valence-electron chi connectivity index (χ1n) is 4.54. The van der Waals surface area contributed by atoms with Crippen LogP contribution in [0.4, 0.5) is 0 Å². The average molecular weight is 180 g/mol. The van der Waals surface area contributed by atoms with Gasteiger partial charge in [-0.2, -0.15) is 0 Å². The van der Waals surface area contributed by atoms with E-state index >= 15 is 0 Å². The summed E-state index contributed by atoms with van der Waals surface area (Å²) in [6, 6.07) is 0. The van der Waals surface area contributed by atoms with Gasteiger partial charge in [0.05, 0.1) is 6.61 Å². The fourth-order valence-electron chi connectivity index (χ4n) is 1.98. The lowest BCUT2D eigenvalue weighted by atomic mass is 9.73. The van der Waals surface area contributed by atoms with Crippen molar-refractivity contribution in [3.63, 3.8) is 0 Å². The zero-order chi connectivity index (χ0) is 9.47. The number of carbonyl (C=O) groups excluding carboxylic acids is 2. The van der Waals surface area contributed by atoms with Crippen LogP contribution in [0, 0.1) is 5.41 Å². The van der Waals surface area contributed by atoms with Crippen LogP contribution >= 0.6 is 0 Å². The number of esters is 1. The first-order valence-corrected chi connectivity index (χ1v) is 4.54. The Bertz CT molecular complexity index is 303. The summed E-state index contributed by atoms with van der Waals surface area (Å²) in [5.74, 6) is -0.375. The largest absolute Gasteiger partial charge is 0.465 e. The Labute approximate surface area is 76.8 Å². The molecule has 1 heterocycles. The minimum absolute atomic E-state index is 0.0567. The molecule has 1 fully saturated rings. The Morgan fingerprint density at radius 3 is 2.69 bits per heavy atom. The van der Waals surface area contributed by atoms with E-state index < -0.39 is 5.41 Å². The van der Waals surface area contributed by atoms with E-state index in [1.165, 1.54) is 0 Å². The highest BCUT2D eigenvalue weighted by atomic mass is 16.5. The van der Waals surface area contributed by atoms with E-state index in [0.29, 0.717) is 19.4 Å². The number of allylic oxidation sites excluding steroid dienone is 2. The molecular formula is C10H12O3. The van der Waals surface area contributed by atoms with Gasteiger partial charge in [-0.3, -0.25) is 9.59 Å². The molecule has 1 atom stereocenters. The molecule has 0 aromatic rings. The van der Waals surface area contributed by atoms with Crippen LogP contribution in [-0.4, -0.2) is 18.4 Å². The lowest BCUT2D eigenvalue weighted by molar-refractivity contribution is -0.150. The van der Waals surface area contributed by atoms with Gasteiger partial charge in [0.25, 0.3) is 0 Å². The summed E-state index contributed by atoms with van der Waals surface area (Å²) >= 11 is 0. The van der Waals surface area contributed by atoms with Crippen LogP contribution < -0.4 is 0 Å². The van der Waals surface area contributed by atoms with Gasteiger partial charge in [0.2, 0.25) is 0 Å². The molecule has 3 nitrogen and oxygen atoms in total. The first kappa shape index (κ1) is 8.48. The molecule has 0 N–H and O–H groups in total. The summed E-state index contributed by atoms with van der Waals surface area (Å²) in [5.41, 5.74) is 0.259. The Morgan fingerprint density at radius 1 is 1.38 bits per heavy atom. The number of hydrogen-bond acceptors (Lipinski definition) is 3. The van der Waals surface area contributed by atoms with Crippen LogP contribution in [0.15, 0.2) is 11.6 Å². The lowest BCUT2D eigenvalue weighted by Gasteiger charge is -2.25. The van der Waals surface area contributed by atoms with Crippen LogP contribution in [0.3, 0.4) is 0 Å². The second-order valence-corrected chi connectivity index (χ2v) is 3.82. The van der Waals surface area contributed by atoms with Gasteiger partial charge in [-0.05, 0) is 25.8 Å². The van der Waals surface area contributed by atoms with Crippen LogP contribution in [0.1, 0.15) is 26.2 Å². The number of cyclic esters (lactones) is 1. The quantitative estimate of drug-likeness (QED) is 0.416. The van der Waals surface area contributed by atoms with E-state index in [0.717, 1.165) is 12.0 Å². The van der Waals surface area contributed by atoms with Gasteiger partial charge >= 0.3 is 5.97 Å². The molecule has 0 aromatic heterocycles. The molecule has 3 heteroatoms. The van der Waals surface area contributed by atoms with Crippen molar-refractivity contribution < 1.29 is 14.3 Å². The van der Waals surface area contributed by atoms with E-state index in [1.807, 2.05) is 6.92 Å². The second kappa shape index (κ2) is 2.69. The highest BCUT2D eigenvalue weighted by Gasteiger charge is 2.50. The smallest absolute Gasteiger partial charge is 0.320 e. The Hall–Kier alpha value is -1.12. The van der Waals surface area contributed by atoms with Crippen molar-refractivity contribution in [1.29, 1.82) is 0 Å². The van der Waals surface area contributed by atoms with Crippen molar-refractivity contribution >= 4 is 11.8 Å². The number of ether oxygens (including phenoxy) is 1. The molecule has 0 aromatic carbocycles. The van der Waals surface area contributed by atoms with Gasteiger partial charge in [0.1, 0.15) is 5.41 Å². The molecule has 13 heavy (non-hydrogen) atoms. The van der Waals surface area contributed by atoms with E-state index in [1.54, 1.807) is 6.08 Å². The molecule has 0 radical (unpaired) electrons. The van der Waals surface area contributed by atoms with E-state index in [-0.39, 0.29) is 11.8 Å². The topological polar surface area (TPSA) is 43.4 Å². The van der Waals surface area contributed by atoms with Crippen LogP contribution in [-0.2, 0) is 14.3 Å². The van der Waals surface area contributed by atoms with E-state index in [4.69, 9.17) is 4.74 Å². The molecule has 2 rings (SSSR count). The maximum Gasteiger partial charge on any atom is 0.320 e. The second-order valence-electron chi connectivity index (χ2n) is 3.82. The molecule has 0 bridgehead atoms. The fourth-order valence-corrected chi connectivity index (χ4v) is 1.98. The summed E-state index contributed by atoms with van der Waals surface area (Å²) < 4.78 is 4.86. The average Bonchev–Trinajstić information content (AvgIpc) is 2.43. The van der Waals surface area contributed by atoms with Crippen molar-refractivity contribution in [3.8, 4) is 0 Å². The van der Waals surface area contributed by atoms with Gasteiger partial charge in [0, 0.05) is 6.42 Å². The molecule has 1 spiro atoms. The molecule has 1 aliphatic heterocycles. The van der Waals surface area contributed by atoms with Crippen molar-refractivity contribution in [1.82, 2.24) is 0 Å². The molecule has 0 saturated carbocycles. The molecule has 2 aliphatic rings. The monoisotopic (exact) mass is 180 g/mol. The first-order chi connectivity index (χ1) is 6.15. The summed E-state index contributed by atoms with van der Waals surface area (Å²) in [6.45, 7) is 2.32. The van der Waals surface area contributed by atoms with Crippen LogP contribution in [0.5, 0.6) is 0 Å². The van der Waals surface area contributed by atoms with Crippen molar-refractivity contribution in [2.24, 2.45) is 5.41 Å². The summed E-state index contributed by atoms with van der Waals surface area (Å²) in [6.07, 6.45) is 3.62. The van der Waals surface area contributed by atoms with Crippen molar-refractivity contribution in [2.45, 2.75) is 26.2 Å². The van der Waals surface area contributed by atoms with E-state index in [2.05, 4.69) is 0 Å². The third kappa shape index (κ3) is 1.10. The zero-order valence-corrected chi connectivity index (χ0v) is 7.63. The van der Waals surface area contributed by atoms with Gasteiger partial charge in [0.15, 0.2) is 5.78 Å². The summed E-state index contributed by atoms with van der Waals surface area (Å²) in [4.78, 5) is 23.1. The molecule has 1 aliphatic carbocycles. The normalized spacial score (nSPS) is 33.5. The third-order valence-electron chi connectivity index (χ3n) is 2.95. The summed E-state index contributed by atoms with van der Waals surface area (Å²) in [5, 5.41) is 0. The predicted molar refractivity (Wildman–Crippen MR) is 46.0 cm³/mol. The number of hydrogen-bond donors (Lipinski definition) is 0. The van der Waals surface area contributed by atoms with Gasteiger partial charge in [-0.15, -0.1) is 0 Å². The number of rotatable bonds is 0. The molecular weight excluding hydrogens is 168 g/mol.